The number of phenols is 1. The van der Waals surface area contributed by atoms with Gasteiger partial charge in [-0.05, 0) is 93.1 Å². The van der Waals surface area contributed by atoms with Crippen molar-refractivity contribution in [3.8, 4) is 23.0 Å². The van der Waals surface area contributed by atoms with Crippen molar-refractivity contribution >= 4 is 33.6 Å². The first-order chi connectivity index (χ1) is 23.4. The average molecular weight is 681 g/mol. The van der Waals surface area contributed by atoms with Gasteiger partial charge in [-0.15, -0.1) is 0 Å². The van der Waals surface area contributed by atoms with Crippen LogP contribution in [0.3, 0.4) is 0 Å². The molecule has 2 aromatic carbocycles. The van der Waals surface area contributed by atoms with Crippen molar-refractivity contribution in [2.75, 3.05) is 44.3 Å². The Balaban J connectivity index is 1.34. The van der Waals surface area contributed by atoms with Crippen molar-refractivity contribution < 1.29 is 36.9 Å². The van der Waals surface area contributed by atoms with Crippen molar-refractivity contribution in [2.45, 2.75) is 68.9 Å². The molecule has 258 valence electrons. The summed E-state index contributed by atoms with van der Waals surface area (Å²) in [6.45, 7) is 2.66. The minimum Gasteiger partial charge on any atom is -0.508 e. The number of carbonyl (C=O) groups excluding carboxylic acids is 1. The Morgan fingerprint density at radius 1 is 1.08 bits per heavy atom. The molecule has 2 N–H and O–H groups in total. The molecule has 10 nitrogen and oxygen atoms in total. The summed E-state index contributed by atoms with van der Waals surface area (Å²) in [4.78, 5) is 30.1. The van der Waals surface area contributed by atoms with E-state index >= 15 is 17.6 Å². The zero-order valence-corrected chi connectivity index (χ0v) is 27.0. The number of rotatable bonds is 3. The monoisotopic (exact) mass is 680 g/mol. The smallest absolute Gasteiger partial charge is 0.407 e. The van der Waals surface area contributed by atoms with E-state index in [1.54, 1.807) is 0 Å². The van der Waals surface area contributed by atoms with Gasteiger partial charge in [0, 0.05) is 24.7 Å². The number of carbonyl (C=O) groups is 1. The van der Waals surface area contributed by atoms with Gasteiger partial charge in [-0.25, -0.2) is 22.4 Å². The number of ether oxygens (including phenoxy) is 2. The highest BCUT2D eigenvalue weighted by Crippen LogP contribution is 2.43. The maximum absolute atomic E-state index is 17.0. The molecule has 9 rings (SSSR count). The topological polar surface area (TPSA) is 113 Å². The van der Waals surface area contributed by atoms with Crippen LogP contribution in [-0.2, 0) is 11.2 Å². The van der Waals surface area contributed by atoms with Crippen molar-refractivity contribution in [1.82, 2.24) is 25.2 Å². The van der Waals surface area contributed by atoms with E-state index in [0.29, 0.717) is 10.8 Å². The fourth-order valence-corrected chi connectivity index (χ4v) is 8.47. The lowest BCUT2D eigenvalue weighted by Gasteiger charge is -2.44. The summed E-state index contributed by atoms with van der Waals surface area (Å²) in [6, 6.07) is 5.32. The molecule has 0 saturated carbocycles. The molecule has 49 heavy (non-hydrogen) atoms. The van der Waals surface area contributed by atoms with Crippen LogP contribution in [0.2, 0.25) is 0 Å². The van der Waals surface area contributed by atoms with Gasteiger partial charge in [-0.3, -0.25) is 9.88 Å². The molecule has 5 aliphatic heterocycles. The van der Waals surface area contributed by atoms with Crippen molar-refractivity contribution in [3.63, 3.8) is 0 Å². The van der Waals surface area contributed by atoms with Crippen LogP contribution < -0.4 is 15.0 Å². The van der Waals surface area contributed by atoms with Gasteiger partial charge in [0.05, 0.1) is 29.6 Å². The highest BCUT2D eigenvalue weighted by Gasteiger charge is 2.49. The van der Waals surface area contributed by atoms with Gasteiger partial charge in [0.2, 0.25) is 0 Å². The van der Waals surface area contributed by atoms with Crippen LogP contribution in [0.4, 0.5) is 28.2 Å². The molecule has 3 fully saturated rings. The predicted molar refractivity (Wildman–Crippen MR) is 173 cm³/mol. The van der Waals surface area contributed by atoms with Gasteiger partial charge < -0.3 is 24.8 Å². The molecule has 0 aliphatic carbocycles. The summed E-state index contributed by atoms with van der Waals surface area (Å²) in [5, 5.41) is 14.1. The molecular weight excluding hydrogens is 644 g/mol. The van der Waals surface area contributed by atoms with Gasteiger partial charge in [0.25, 0.3) is 5.92 Å². The molecule has 1 atom stereocenters. The molecule has 3 saturated heterocycles. The van der Waals surface area contributed by atoms with Crippen LogP contribution in [0.15, 0.2) is 30.5 Å². The number of aromatic nitrogens is 3. The Morgan fingerprint density at radius 2 is 1.88 bits per heavy atom. The first-order valence-electron chi connectivity index (χ1n) is 16.7. The number of nitrogens with one attached hydrogen (secondary N) is 1. The summed E-state index contributed by atoms with van der Waals surface area (Å²) in [6.07, 6.45) is 3.93. The molecule has 7 heterocycles. The largest absolute Gasteiger partial charge is 0.508 e. The molecule has 0 radical (unpaired) electrons. The molecule has 4 aromatic rings. The number of aryl methyl sites for hydroxylation is 1. The Morgan fingerprint density at radius 3 is 2.67 bits per heavy atom. The van der Waals surface area contributed by atoms with Crippen LogP contribution in [0, 0.1) is 11.6 Å². The lowest BCUT2D eigenvalue weighted by molar-refractivity contribution is -0.0390. The number of anilines is 1. The van der Waals surface area contributed by atoms with E-state index in [1.165, 1.54) is 42.3 Å². The molecular formula is C35H36F4N6O4. The molecule has 1 unspecified atom stereocenters. The van der Waals surface area contributed by atoms with Gasteiger partial charge in [-0.1, -0.05) is 6.07 Å². The van der Waals surface area contributed by atoms with Crippen molar-refractivity contribution in [2.24, 2.45) is 0 Å². The Bertz CT molecular complexity index is 1990. The number of piperidine rings is 1. The maximum Gasteiger partial charge on any atom is 0.407 e. The summed E-state index contributed by atoms with van der Waals surface area (Å²) >= 11 is 0. The average Bonchev–Trinajstić information content (AvgIpc) is 3.62. The fourth-order valence-electron chi connectivity index (χ4n) is 8.47. The van der Waals surface area contributed by atoms with E-state index in [0.717, 1.165) is 38.8 Å². The number of benzene rings is 2. The number of hydrogen-bond donors (Lipinski definition) is 2. The minimum absolute atomic E-state index is 0.0252. The van der Waals surface area contributed by atoms with Crippen LogP contribution in [0.1, 0.15) is 51.0 Å². The van der Waals surface area contributed by atoms with Gasteiger partial charge in [0.15, 0.2) is 5.82 Å². The third-order valence-electron chi connectivity index (χ3n) is 10.5. The number of fused-ring (bicyclic) bond motifs is 7. The molecule has 1 amide bonds. The Labute approximate surface area is 279 Å². The van der Waals surface area contributed by atoms with E-state index in [4.69, 9.17) is 9.47 Å². The number of phenolic OH excluding ortho intramolecular Hbond substituents is 1. The van der Waals surface area contributed by atoms with Crippen molar-refractivity contribution in [3.05, 3.63) is 47.7 Å². The third kappa shape index (κ3) is 5.63. The highest BCUT2D eigenvalue weighted by molar-refractivity contribution is 6.01. The van der Waals surface area contributed by atoms with E-state index in [2.05, 4.69) is 25.2 Å². The second-order valence-electron chi connectivity index (χ2n) is 14.2. The second kappa shape index (κ2) is 11.6. The number of pyridine rings is 1. The van der Waals surface area contributed by atoms with E-state index in [-0.39, 0.29) is 83.4 Å². The first kappa shape index (κ1) is 31.8. The van der Waals surface area contributed by atoms with Crippen LogP contribution in [0.5, 0.6) is 11.8 Å². The maximum atomic E-state index is 17.0. The van der Waals surface area contributed by atoms with Gasteiger partial charge >= 0.3 is 12.1 Å². The predicted octanol–water partition coefficient (Wildman–Crippen LogP) is 6.11. The molecule has 14 heteroatoms. The zero-order chi connectivity index (χ0) is 34.1. The minimum atomic E-state index is -3.27. The summed E-state index contributed by atoms with van der Waals surface area (Å²) in [5.41, 5.74) is -1.75. The first-order valence-corrected chi connectivity index (χ1v) is 16.7. The van der Waals surface area contributed by atoms with Gasteiger partial charge in [-0.2, -0.15) is 9.97 Å². The summed E-state index contributed by atoms with van der Waals surface area (Å²) in [7, 11) is 0. The van der Waals surface area contributed by atoms with Crippen molar-refractivity contribution in [1.29, 1.82) is 0 Å². The number of halogens is 4. The third-order valence-corrected chi connectivity index (χ3v) is 10.5. The molecule has 0 spiro atoms. The Kier molecular flexibility index (Phi) is 7.50. The quantitative estimate of drug-likeness (QED) is 0.248. The lowest BCUT2D eigenvalue weighted by atomic mass is 9.88. The SMILES string of the molecule is CC12CN(CC(F)(F)C1)c1nc(OCC34CCCN3CCC4)nc3c(F)c(ncc13)-c1cc(O)cc3ccc(F)c(c13)CCCOC(=O)N2. The van der Waals surface area contributed by atoms with Crippen LogP contribution in [-0.4, -0.2) is 87.4 Å². The number of nitrogens with zero attached hydrogens (tertiary/aromatic N) is 5. The second-order valence-corrected chi connectivity index (χ2v) is 14.2. The summed E-state index contributed by atoms with van der Waals surface area (Å²) < 4.78 is 75.0. The zero-order valence-electron chi connectivity index (χ0n) is 27.0. The van der Waals surface area contributed by atoms with E-state index in [1.807, 2.05) is 0 Å². The number of amides is 1. The normalized spacial score (nSPS) is 23.4. The van der Waals surface area contributed by atoms with Gasteiger partial charge in [0.1, 0.15) is 35.2 Å². The molecule has 2 aromatic heterocycles. The number of aromatic hydroxyl groups is 1. The summed E-state index contributed by atoms with van der Waals surface area (Å²) in [5.74, 6) is -4.95. The molecule has 6 bridgehead atoms. The Hall–Kier alpha value is -4.46. The lowest BCUT2D eigenvalue weighted by Crippen LogP contribution is -2.63. The number of alkyl halides is 2. The fraction of sp³-hybridized carbons (Fsp3) is 0.486. The number of hydrogen-bond acceptors (Lipinski definition) is 9. The number of alkyl carbamates (subject to hydrolysis) is 1. The van der Waals surface area contributed by atoms with E-state index < -0.39 is 42.2 Å². The van der Waals surface area contributed by atoms with E-state index in [9.17, 15) is 9.90 Å². The molecule has 5 aliphatic rings. The van der Waals surface area contributed by atoms with Crippen LogP contribution >= 0.6 is 0 Å². The highest BCUT2D eigenvalue weighted by atomic mass is 19.3. The standard InChI is InChI=1S/C35H36F4N6O4/c1-33-16-35(38,39)18-44(17-33)30-24-15-40-28(27(37)29(24)41-31(42-30)49-19-34-8-3-10-45(34)11-4-9-34)23-14-21(46)13-20-6-7-25(36)22(26(20)23)5-2-12-48-32(47)43-33/h6-7,13-15,46H,2-5,8-12,16-19H2,1H3,(H,43,47). The van der Waals surface area contributed by atoms with Crippen LogP contribution in [0.25, 0.3) is 32.9 Å².